The van der Waals surface area contributed by atoms with E-state index in [1.165, 1.54) is 19.4 Å². The van der Waals surface area contributed by atoms with Crippen LogP contribution in [-0.2, 0) is 0 Å². The molecular formula is C12H8Cl2FNO. The zero-order valence-electron chi connectivity index (χ0n) is 8.88. The molecule has 0 radical (unpaired) electrons. The van der Waals surface area contributed by atoms with Crippen LogP contribution in [0.1, 0.15) is 0 Å². The van der Waals surface area contributed by atoms with Crippen LogP contribution in [0.3, 0.4) is 0 Å². The summed E-state index contributed by atoms with van der Waals surface area (Å²) in [5.41, 5.74) is 0.710. The molecule has 0 amide bonds. The second kappa shape index (κ2) is 4.90. The molecule has 2 rings (SSSR count). The molecule has 1 aromatic carbocycles. The minimum Gasteiger partial charge on any atom is -0.479 e. The molecule has 0 N–H and O–H groups in total. The molecule has 1 heterocycles. The summed E-state index contributed by atoms with van der Waals surface area (Å²) in [6.45, 7) is 0. The first-order chi connectivity index (χ1) is 8.15. The van der Waals surface area contributed by atoms with Crippen molar-refractivity contribution in [2.24, 2.45) is 0 Å². The maximum absolute atomic E-state index is 14.0. The normalized spacial score (nSPS) is 10.4. The molecule has 0 saturated carbocycles. The lowest BCUT2D eigenvalue weighted by Crippen LogP contribution is -1.95. The molecule has 2 nitrogen and oxygen atoms in total. The van der Waals surface area contributed by atoms with E-state index in [1.54, 1.807) is 18.2 Å². The number of nitrogens with zero attached hydrogens (tertiary/aromatic N) is 1. The third kappa shape index (κ3) is 2.21. The molecule has 17 heavy (non-hydrogen) atoms. The Labute approximate surface area is 108 Å². The molecule has 5 heteroatoms. The van der Waals surface area contributed by atoms with Crippen LogP contribution < -0.4 is 4.74 Å². The highest BCUT2D eigenvalue weighted by Gasteiger charge is 2.16. The zero-order valence-corrected chi connectivity index (χ0v) is 10.4. The van der Waals surface area contributed by atoms with Crippen LogP contribution >= 0.6 is 23.2 Å². The second-order valence-corrected chi connectivity index (χ2v) is 4.09. The summed E-state index contributed by atoms with van der Waals surface area (Å²) >= 11 is 12.0. The van der Waals surface area contributed by atoms with Crippen LogP contribution in [-0.4, -0.2) is 12.1 Å². The maximum atomic E-state index is 14.0. The van der Waals surface area contributed by atoms with Crippen molar-refractivity contribution in [1.29, 1.82) is 0 Å². The minimum atomic E-state index is -0.579. The van der Waals surface area contributed by atoms with E-state index in [-0.39, 0.29) is 11.4 Å². The van der Waals surface area contributed by atoms with E-state index in [2.05, 4.69) is 4.98 Å². The zero-order chi connectivity index (χ0) is 12.4. The Hall–Kier alpha value is -1.32. The number of pyridine rings is 1. The number of methoxy groups -OCH3 is 1. The SMILES string of the molecule is COc1nccc(-c2c(Cl)cccc2Cl)c1F. The fourth-order valence-electron chi connectivity index (χ4n) is 1.52. The van der Waals surface area contributed by atoms with E-state index in [0.29, 0.717) is 15.6 Å². The summed E-state index contributed by atoms with van der Waals surface area (Å²) < 4.78 is 18.8. The van der Waals surface area contributed by atoms with Crippen LogP contribution in [0, 0.1) is 5.82 Å². The summed E-state index contributed by atoms with van der Waals surface area (Å²) in [4.78, 5) is 3.76. The van der Waals surface area contributed by atoms with Gasteiger partial charge < -0.3 is 4.74 Å². The van der Waals surface area contributed by atoms with Gasteiger partial charge in [-0.05, 0) is 18.2 Å². The standard InChI is InChI=1S/C12H8Cl2FNO/c1-17-12-11(15)7(5-6-16-12)10-8(13)3-2-4-9(10)14/h2-6H,1H3. The van der Waals surface area contributed by atoms with Gasteiger partial charge >= 0.3 is 0 Å². The molecule has 0 atom stereocenters. The van der Waals surface area contributed by atoms with E-state index >= 15 is 0 Å². The lowest BCUT2D eigenvalue weighted by atomic mass is 10.1. The molecule has 0 aliphatic heterocycles. The molecule has 0 bridgehead atoms. The largest absolute Gasteiger partial charge is 0.479 e. The number of halogens is 3. The molecule has 0 aliphatic rings. The number of benzene rings is 1. The van der Waals surface area contributed by atoms with Gasteiger partial charge in [-0.15, -0.1) is 0 Å². The monoisotopic (exact) mass is 271 g/mol. The van der Waals surface area contributed by atoms with E-state index in [0.717, 1.165) is 0 Å². The third-order valence-corrected chi connectivity index (χ3v) is 2.91. The molecule has 0 spiro atoms. The summed E-state index contributed by atoms with van der Waals surface area (Å²) in [7, 11) is 1.35. The van der Waals surface area contributed by atoms with Gasteiger partial charge in [0.2, 0.25) is 0 Å². The van der Waals surface area contributed by atoms with Crippen molar-refractivity contribution in [3.05, 3.63) is 46.3 Å². The average Bonchev–Trinajstić information content (AvgIpc) is 2.31. The second-order valence-electron chi connectivity index (χ2n) is 3.28. The Kier molecular flexibility index (Phi) is 3.50. The first-order valence-corrected chi connectivity index (χ1v) is 5.53. The predicted octanol–water partition coefficient (Wildman–Crippen LogP) is 4.20. The van der Waals surface area contributed by atoms with Gasteiger partial charge in [-0.1, -0.05) is 29.3 Å². The van der Waals surface area contributed by atoms with Gasteiger partial charge in [-0.3, -0.25) is 0 Å². The van der Waals surface area contributed by atoms with Gasteiger partial charge in [0.1, 0.15) is 0 Å². The van der Waals surface area contributed by atoms with Gasteiger partial charge in [0, 0.05) is 27.4 Å². The maximum Gasteiger partial charge on any atom is 0.250 e. The lowest BCUT2D eigenvalue weighted by molar-refractivity contribution is 0.370. The van der Waals surface area contributed by atoms with Gasteiger partial charge in [0.15, 0.2) is 5.82 Å². The average molecular weight is 272 g/mol. The van der Waals surface area contributed by atoms with Crippen LogP contribution in [0.5, 0.6) is 5.88 Å². The molecule has 0 saturated heterocycles. The van der Waals surface area contributed by atoms with Gasteiger partial charge in [-0.2, -0.15) is 0 Å². The summed E-state index contributed by atoms with van der Waals surface area (Å²) in [5, 5.41) is 0.759. The van der Waals surface area contributed by atoms with Crippen molar-refractivity contribution >= 4 is 23.2 Å². The topological polar surface area (TPSA) is 22.1 Å². The summed E-state index contributed by atoms with van der Waals surface area (Å²) in [5.74, 6) is -0.663. The predicted molar refractivity (Wildman–Crippen MR) is 66.2 cm³/mol. The van der Waals surface area contributed by atoms with Gasteiger partial charge in [0.05, 0.1) is 7.11 Å². The minimum absolute atomic E-state index is 0.0847. The lowest BCUT2D eigenvalue weighted by Gasteiger charge is -2.09. The number of aromatic nitrogens is 1. The Morgan fingerprint density at radius 3 is 2.41 bits per heavy atom. The van der Waals surface area contributed by atoms with E-state index < -0.39 is 5.82 Å². The number of ether oxygens (including phenoxy) is 1. The number of hydrogen-bond donors (Lipinski definition) is 0. The van der Waals surface area contributed by atoms with E-state index in [1.807, 2.05) is 0 Å². The van der Waals surface area contributed by atoms with Gasteiger partial charge in [-0.25, -0.2) is 9.37 Å². The summed E-state index contributed by atoms with van der Waals surface area (Å²) in [6.07, 6.45) is 1.44. The molecule has 0 fully saturated rings. The van der Waals surface area contributed by atoms with Crippen LogP contribution in [0.15, 0.2) is 30.5 Å². The molecule has 88 valence electrons. The van der Waals surface area contributed by atoms with Crippen molar-refractivity contribution in [2.75, 3.05) is 7.11 Å². The van der Waals surface area contributed by atoms with Crippen LogP contribution in [0.2, 0.25) is 10.0 Å². The first kappa shape index (κ1) is 12.1. The highest BCUT2D eigenvalue weighted by molar-refractivity contribution is 6.39. The Bertz CT molecular complexity index is 540. The van der Waals surface area contributed by atoms with Crippen LogP contribution in [0.25, 0.3) is 11.1 Å². The molecule has 0 unspecified atom stereocenters. The number of hydrogen-bond acceptors (Lipinski definition) is 2. The molecule has 2 aromatic rings. The number of rotatable bonds is 2. The Balaban J connectivity index is 2.69. The first-order valence-electron chi connectivity index (χ1n) is 4.78. The fourth-order valence-corrected chi connectivity index (χ4v) is 2.12. The van der Waals surface area contributed by atoms with Crippen LogP contribution in [0.4, 0.5) is 4.39 Å². The molecule has 0 aliphatic carbocycles. The smallest absolute Gasteiger partial charge is 0.250 e. The molecular weight excluding hydrogens is 264 g/mol. The van der Waals surface area contributed by atoms with Crippen molar-refractivity contribution in [2.45, 2.75) is 0 Å². The van der Waals surface area contributed by atoms with E-state index in [4.69, 9.17) is 27.9 Å². The quantitative estimate of drug-likeness (QED) is 0.817. The Morgan fingerprint density at radius 2 is 1.82 bits per heavy atom. The van der Waals surface area contributed by atoms with Crippen molar-refractivity contribution in [1.82, 2.24) is 4.98 Å². The van der Waals surface area contributed by atoms with Crippen molar-refractivity contribution < 1.29 is 9.13 Å². The van der Waals surface area contributed by atoms with Gasteiger partial charge in [0.25, 0.3) is 5.88 Å². The van der Waals surface area contributed by atoms with E-state index in [9.17, 15) is 4.39 Å². The molecule has 1 aromatic heterocycles. The fraction of sp³-hybridized carbons (Fsp3) is 0.0833. The van der Waals surface area contributed by atoms with Crippen molar-refractivity contribution in [3.8, 4) is 17.0 Å². The third-order valence-electron chi connectivity index (χ3n) is 2.28. The highest BCUT2D eigenvalue weighted by Crippen LogP contribution is 2.37. The Morgan fingerprint density at radius 1 is 1.18 bits per heavy atom. The van der Waals surface area contributed by atoms with Crippen molar-refractivity contribution in [3.63, 3.8) is 0 Å². The summed E-state index contributed by atoms with van der Waals surface area (Å²) in [6, 6.07) is 6.50. The highest BCUT2D eigenvalue weighted by atomic mass is 35.5.